The monoisotopic (exact) mass is 410 g/mol. The maximum atomic E-state index is 13.2. The van der Waals surface area contributed by atoms with Gasteiger partial charge in [-0.25, -0.2) is 18.5 Å². The van der Waals surface area contributed by atoms with Gasteiger partial charge in [-0.3, -0.25) is 0 Å². The number of anilines is 2. The number of sulfonamides is 1. The highest BCUT2D eigenvalue weighted by atomic mass is 32.2. The first-order chi connectivity index (χ1) is 13.1. The fourth-order valence-electron chi connectivity index (χ4n) is 2.64. The Labute approximate surface area is 159 Å². The van der Waals surface area contributed by atoms with Crippen molar-refractivity contribution < 1.29 is 21.6 Å². The van der Waals surface area contributed by atoms with Crippen molar-refractivity contribution in [3.8, 4) is 0 Å². The molecule has 0 saturated heterocycles. The summed E-state index contributed by atoms with van der Waals surface area (Å²) in [5.74, 6) is 0.598. The molecule has 0 spiro atoms. The fraction of sp³-hybridized carbons (Fsp3) is 0.167. The van der Waals surface area contributed by atoms with Crippen LogP contribution in [0.1, 0.15) is 5.56 Å². The van der Waals surface area contributed by atoms with Crippen LogP contribution >= 0.6 is 0 Å². The molecule has 0 saturated carbocycles. The summed E-state index contributed by atoms with van der Waals surface area (Å²) >= 11 is 0. The molecule has 0 atom stereocenters. The molecule has 3 aromatic rings. The number of halogens is 3. The Bertz CT molecular complexity index is 1100. The second-order valence-corrected chi connectivity index (χ2v) is 7.55. The van der Waals surface area contributed by atoms with E-state index in [4.69, 9.17) is 5.14 Å². The first-order valence-electron chi connectivity index (χ1n) is 8.22. The summed E-state index contributed by atoms with van der Waals surface area (Å²) in [5.41, 5.74) is -0.519. The first-order valence-corrected chi connectivity index (χ1v) is 9.77. The highest BCUT2D eigenvalue weighted by Gasteiger charge is 2.34. The SMILES string of the molecule is NS(=O)(=O)c1ccc(NCCNc2ccc3ccccc3n2)c(C(F)(F)F)c1. The number of alkyl halides is 3. The second kappa shape index (κ2) is 7.64. The molecule has 0 amide bonds. The Kier molecular flexibility index (Phi) is 5.43. The van der Waals surface area contributed by atoms with Gasteiger partial charge in [-0.2, -0.15) is 13.2 Å². The fourth-order valence-corrected chi connectivity index (χ4v) is 3.18. The van der Waals surface area contributed by atoms with Gasteiger partial charge in [-0.1, -0.05) is 18.2 Å². The quantitative estimate of drug-likeness (QED) is 0.541. The number of nitrogens with two attached hydrogens (primary N) is 1. The van der Waals surface area contributed by atoms with Gasteiger partial charge in [0.1, 0.15) is 5.82 Å². The van der Waals surface area contributed by atoms with E-state index in [2.05, 4.69) is 15.6 Å². The van der Waals surface area contributed by atoms with Crippen LogP contribution < -0.4 is 15.8 Å². The molecule has 10 heteroatoms. The number of hydrogen-bond acceptors (Lipinski definition) is 5. The average molecular weight is 410 g/mol. The number of pyridine rings is 1. The summed E-state index contributed by atoms with van der Waals surface area (Å²) in [5, 5.41) is 11.6. The van der Waals surface area contributed by atoms with Gasteiger partial charge in [0.25, 0.3) is 0 Å². The molecular formula is C18H17F3N4O2S. The van der Waals surface area contributed by atoms with Crippen molar-refractivity contribution >= 4 is 32.4 Å². The van der Waals surface area contributed by atoms with Crippen LogP contribution in [0.3, 0.4) is 0 Å². The van der Waals surface area contributed by atoms with Crippen LogP contribution in [0.25, 0.3) is 10.9 Å². The number of rotatable bonds is 6. The smallest absolute Gasteiger partial charge is 0.383 e. The number of para-hydroxylation sites is 1. The van der Waals surface area contributed by atoms with Crippen molar-refractivity contribution in [3.63, 3.8) is 0 Å². The predicted octanol–water partition coefficient (Wildman–Crippen LogP) is 3.43. The largest absolute Gasteiger partial charge is 0.418 e. The van der Waals surface area contributed by atoms with E-state index in [9.17, 15) is 21.6 Å². The molecule has 0 radical (unpaired) electrons. The molecule has 148 valence electrons. The minimum absolute atomic E-state index is 0.159. The van der Waals surface area contributed by atoms with E-state index in [0.717, 1.165) is 23.0 Å². The number of nitrogens with zero attached hydrogens (tertiary/aromatic N) is 1. The van der Waals surface area contributed by atoms with Crippen molar-refractivity contribution in [1.82, 2.24) is 4.98 Å². The van der Waals surface area contributed by atoms with E-state index in [-0.39, 0.29) is 12.2 Å². The third-order valence-corrected chi connectivity index (χ3v) is 4.88. The van der Waals surface area contributed by atoms with Crippen LogP contribution in [0.15, 0.2) is 59.5 Å². The van der Waals surface area contributed by atoms with Crippen molar-refractivity contribution in [3.05, 3.63) is 60.2 Å². The van der Waals surface area contributed by atoms with Crippen molar-refractivity contribution in [2.45, 2.75) is 11.1 Å². The minimum atomic E-state index is -4.73. The Morgan fingerprint density at radius 1 is 0.964 bits per heavy atom. The lowest BCUT2D eigenvalue weighted by molar-refractivity contribution is -0.137. The molecule has 0 unspecified atom stereocenters. The minimum Gasteiger partial charge on any atom is -0.383 e. The summed E-state index contributed by atoms with van der Waals surface area (Å²) in [6.45, 7) is 0.464. The Hall–Kier alpha value is -2.85. The molecule has 0 aliphatic rings. The van der Waals surface area contributed by atoms with Gasteiger partial charge >= 0.3 is 6.18 Å². The topological polar surface area (TPSA) is 97.1 Å². The number of aromatic nitrogens is 1. The molecule has 0 aliphatic heterocycles. The first kappa shape index (κ1) is 19.9. The van der Waals surface area contributed by atoms with Crippen LogP contribution in [0.2, 0.25) is 0 Å². The molecular weight excluding hydrogens is 393 g/mol. The second-order valence-electron chi connectivity index (χ2n) is 5.99. The van der Waals surface area contributed by atoms with Crippen molar-refractivity contribution in [1.29, 1.82) is 0 Å². The van der Waals surface area contributed by atoms with Gasteiger partial charge in [0.2, 0.25) is 10.0 Å². The maximum absolute atomic E-state index is 13.2. The van der Waals surface area contributed by atoms with Gasteiger partial charge < -0.3 is 10.6 Å². The van der Waals surface area contributed by atoms with Crippen LogP contribution in [-0.4, -0.2) is 26.5 Å². The summed E-state index contributed by atoms with van der Waals surface area (Å²) < 4.78 is 62.3. The Morgan fingerprint density at radius 3 is 2.39 bits per heavy atom. The zero-order valence-corrected chi connectivity index (χ0v) is 15.3. The zero-order valence-electron chi connectivity index (χ0n) is 14.5. The standard InChI is InChI=1S/C18H17F3N4O2S/c19-18(20,21)14-11-13(28(22,26)27)6-7-16(14)23-9-10-24-17-8-5-12-3-1-2-4-15(12)25-17/h1-8,11,23H,9-10H2,(H,24,25)(H2,22,26,27). The summed E-state index contributed by atoms with van der Waals surface area (Å²) in [7, 11) is -4.23. The average Bonchev–Trinajstić information content (AvgIpc) is 2.63. The van der Waals surface area contributed by atoms with Gasteiger partial charge in [-0.05, 0) is 36.4 Å². The third-order valence-electron chi connectivity index (χ3n) is 3.97. The summed E-state index contributed by atoms with van der Waals surface area (Å²) in [6, 6.07) is 13.8. The van der Waals surface area contributed by atoms with Gasteiger partial charge in [0, 0.05) is 24.2 Å². The van der Waals surface area contributed by atoms with Gasteiger partial charge in [0.05, 0.1) is 16.0 Å². The van der Waals surface area contributed by atoms with Crippen LogP contribution in [0, 0.1) is 0 Å². The highest BCUT2D eigenvalue weighted by Crippen LogP contribution is 2.36. The molecule has 1 heterocycles. The number of hydrogen-bond donors (Lipinski definition) is 3. The molecule has 4 N–H and O–H groups in total. The molecule has 0 fully saturated rings. The third kappa shape index (κ3) is 4.70. The lowest BCUT2D eigenvalue weighted by atomic mass is 10.1. The highest BCUT2D eigenvalue weighted by molar-refractivity contribution is 7.89. The molecule has 0 aliphatic carbocycles. The molecule has 2 aromatic carbocycles. The van der Waals surface area contributed by atoms with Crippen molar-refractivity contribution in [2.75, 3.05) is 23.7 Å². The van der Waals surface area contributed by atoms with E-state index < -0.39 is 26.7 Å². The molecule has 0 bridgehead atoms. The number of primary sulfonamides is 1. The van der Waals surface area contributed by atoms with Crippen LogP contribution in [-0.2, 0) is 16.2 Å². The molecule has 3 rings (SSSR count). The van der Waals surface area contributed by atoms with E-state index in [1.807, 2.05) is 30.3 Å². The summed E-state index contributed by atoms with van der Waals surface area (Å²) in [6.07, 6.45) is -4.73. The van der Waals surface area contributed by atoms with Gasteiger partial charge in [0.15, 0.2) is 0 Å². The van der Waals surface area contributed by atoms with E-state index in [1.165, 1.54) is 0 Å². The molecule has 1 aromatic heterocycles. The summed E-state index contributed by atoms with van der Waals surface area (Å²) in [4.78, 5) is 3.82. The zero-order chi connectivity index (χ0) is 20.4. The lowest BCUT2D eigenvalue weighted by Crippen LogP contribution is -2.19. The van der Waals surface area contributed by atoms with Crippen LogP contribution in [0.5, 0.6) is 0 Å². The lowest BCUT2D eigenvalue weighted by Gasteiger charge is -2.16. The normalized spacial score (nSPS) is 12.1. The van der Waals surface area contributed by atoms with E-state index in [0.29, 0.717) is 18.4 Å². The molecule has 28 heavy (non-hydrogen) atoms. The number of nitrogens with one attached hydrogen (secondary N) is 2. The number of benzene rings is 2. The van der Waals surface area contributed by atoms with E-state index >= 15 is 0 Å². The maximum Gasteiger partial charge on any atom is 0.418 e. The van der Waals surface area contributed by atoms with Crippen molar-refractivity contribution in [2.24, 2.45) is 5.14 Å². The Morgan fingerprint density at radius 2 is 1.68 bits per heavy atom. The van der Waals surface area contributed by atoms with Gasteiger partial charge in [-0.15, -0.1) is 0 Å². The predicted molar refractivity (Wildman–Crippen MR) is 102 cm³/mol. The van der Waals surface area contributed by atoms with Crippen LogP contribution in [0.4, 0.5) is 24.7 Å². The number of fused-ring (bicyclic) bond motifs is 1. The van der Waals surface area contributed by atoms with E-state index in [1.54, 1.807) is 6.07 Å². The Balaban J connectivity index is 1.68. The molecule has 6 nitrogen and oxygen atoms in total.